The molecule has 5 nitrogen and oxygen atoms in total. The van der Waals surface area contributed by atoms with Gasteiger partial charge in [0.1, 0.15) is 11.5 Å². The van der Waals surface area contributed by atoms with E-state index in [0.717, 1.165) is 37.4 Å². The molecule has 1 amide bonds. The van der Waals surface area contributed by atoms with Crippen LogP contribution in [-0.2, 0) is 6.42 Å². The number of carbonyl (C=O) groups is 1. The lowest BCUT2D eigenvalue weighted by molar-refractivity contribution is 0.0940. The Balaban J connectivity index is 1.89. The minimum Gasteiger partial charge on any atom is -0.350 e. The highest BCUT2D eigenvalue weighted by molar-refractivity contribution is 5.94. The topological polar surface area (TPSA) is 61.0 Å². The molecule has 0 unspecified atom stereocenters. The van der Waals surface area contributed by atoms with Crippen molar-refractivity contribution < 1.29 is 4.79 Å². The van der Waals surface area contributed by atoms with Crippen LogP contribution in [0.1, 0.15) is 54.6 Å². The fraction of sp³-hybridized carbons (Fsp3) is 0.733. The van der Waals surface area contributed by atoms with Gasteiger partial charge in [0, 0.05) is 24.7 Å². The summed E-state index contributed by atoms with van der Waals surface area (Å²) < 4.78 is 0. The molecule has 2 aliphatic heterocycles. The van der Waals surface area contributed by atoms with Crippen LogP contribution in [-0.4, -0.2) is 47.5 Å². The number of likely N-dealkylation sites (tertiary alicyclic amines) is 1. The number of aromatic nitrogens is 2. The molecular formula is C15H24N4O. The first-order valence-electron chi connectivity index (χ1n) is 7.50. The monoisotopic (exact) mass is 276 g/mol. The predicted octanol–water partition coefficient (Wildman–Crippen LogP) is 1.53. The smallest absolute Gasteiger partial charge is 0.271 e. The molecule has 1 aromatic rings. The van der Waals surface area contributed by atoms with Crippen LogP contribution in [0.4, 0.5) is 0 Å². The molecule has 2 aliphatic rings. The zero-order valence-corrected chi connectivity index (χ0v) is 12.6. The fourth-order valence-electron chi connectivity index (χ4n) is 3.27. The van der Waals surface area contributed by atoms with Gasteiger partial charge < -0.3 is 15.2 Å². The maximum Gasteiger partial charge on any atom is 0.271 e. The fourth-order valence-corrected chi connectivity index (χ4v) is 3.27. The zero-order chi connectivity index (χ0) is 14.3. The second-order valence-corrected chi connectivity index (χ2v) is 7.07. The summed E-state index contributed by atoms with van der Waals surface area (Å²) in [6.45, 7) is 7.24. The number of nitrogens with one attached hydrogen (secondary N) is 2. The molecule has 3 heterocycles. The summed E-state index contributed by atoms with van der Waals surface area (Å²) in [6, 6.07) is 0. The van der Waals surface area contributed by atoms with E-state index in [-0.39, 0.29) is 11.3 Å². The quantitative estimate of drug-likeness (QED) is 0.818. The maximum absolute atomic E-state index is 12.1. The van der Waals surface area contributed by atoms with Crippen LogP contribution in [0.3, 0.4) is 0 Å². The first-order valence-corrected chi connectivity index (χ1v) is 7.50. The second kappa shape index (κ2) is 4.88. The van der Waals surface area contributed by atoms with Crippen molar-refractivity contribution in [1.29, 1.82) is 0 Å². The van der Waals surface area contributed by atoms with E-state index in [1.807, 2.05) is 0 Å². The van der Waals surface area contributed by atoms with E-state index in [1.165, 1.54) is 6.42 Å². The standard InChI is InChI=1S/C15H24N4O/c1-15(2)7-11-12(14(20)16-9-15)18-13(17-11)10-5-4-6-19(3)8-10/h10H,4-9H2,1-3H3,(H,16,20)(H,17,18)/t10-/m1/s1. The van der Waals surface area contributed by atoms with Gasteiger partial charge in [0.15, 0.2) is 0 Å². The number of nitrogens with zero attached hydrogens (tertiary/aromatic N) is 2. The van der Waals surface area contributed by atoms with E-state index in [0.29, 0.717) is 18.2 Å². The summed E-state index contributed by atoms with van der Waals surface area (Å²) in [6.07, 6.45) is 3.22. The van der Waals surface area contributed by atoms with Crippen molar-refractivity contribution in [2.45, 2.75) is 39.0 Å². The molecular weight excluding hydrogens is 252 g/mol. The summed E-state index contributed by atoms with van der Waals surface area (Å²) in [7, 11) is 2.15. The van der Waals surface area contributed by atoms with Crippen LogP contribution < -0.4 is 5.32 Å². The number of fused-ring (bicyclic) bond motifs is 1. The van der Waals surface area contributed by atoms with Crippen LogP contribution >= 0.6 is 0 Å². The van der Waals surface area contributed by atoms with Gasteiger partial charge in [0.25, 0.3) is 5.91 Å². The Bertz CT molecular complexity index is 520. The molecule has 2 N–H and O–H groups in total. The van der Waals surface area contributed by atoms with E-state index < -0.39 is 0 Å². The molecule has 3 rings (SSSR count). The van der Waals surface area contributed by atoms with Crippen molar-refractivity contribution >= 4 is 5.91 Å². The van der Waals surface area contributed by atoms with Gasteiger partial charge in [-0.15, -0.1) is 0 Å². The summed E-state index contributed by atoms with van der Waals surface area (Å²) in [4.78, 5) is 22.6. The van der Waals surface area contributed by atoms with E-state index >= 15 is 0 Å². The zero-order valence-electron chi connectivity index (χ0n) is 12.6. The Morgan fingerprint density at radius 2 is 2.20 bits per heavy atom. The van der Waals surface area contributed by atoms with Gasteiger partial charge in [-0.1, -0.05) is 13.8 Å². The Labute approximate surface area is 120 Å². The van der Waals surface area contributed by atoms with Crippen molar-refractivity contribution in [3.05, 3.63) is 17.2 Å². The molecule has 1 saturated heterocycles. The Morgan fingerprint density at radius 3 is 2.95 bits per heavy atom. The molecule has 0 bridgehead atoms. The minimum absolute atomic E-state index is 0.0303. The summed E-state index contributed by atoms with van der Waals surface area (Å²) in [5.74, 6) is 1.39. The van der Waals surface area contributed by atoms with Crippen molar-refractivity contribution in [3.63, 3.8) is 0 Å². The number of piperidine rings is 1. The molecule has 1 fully saturated rings. The van der Waals surface area contributed by atoms with E-state index in [4.69, 9.17) is 0 Å². The van der Waals surface area contributed by atoms with Crippen LogP contribution in [0.2, 0.25) is 0 Å². The highest BCUT2D eigenvalue weighted by Crippen LogP contribution is 2.29. The first-order chi connectivity index (χ1) is 9.44. The third kappa shape index (κ3) is 2.59. The van der Waals surface area contributed by atoms with Gasteiger partial charge in [-0.05, 0) is 38.3 Å². The number of carbonyl (C=O) groups excluding carboxylic acids is 1. The van der Waals surface area contributed by atoms with Crippen molar-refractivity contribution in [1.82, 2.24) is 20.2 Å². The van der Waals surface area contributed by atoms with Crippen LogP contribution in [0.15, 0.2) is 0 Å². The van der Waals surface area contributed by atoms with Crippen LogP contribution in [0.25, 0.3) is 0 Å². The summed E-state index contributed by atoms with van der Waals surface area (Å²) in [5, 5.41) is 2.98. The molecule has 20 heavy (non-hydrogen) atoms. The molecule has 0 saturated carbocycles. The van der Waals surface area contributed by atoms with Gasteiger partial charge in [-0.3, -0.25) is 4.79 Å². The van der Waals surface area contributed by atoms with Crippen LogP contribution in [0, 0.1) is 5.41 Å². The van der Waals surface area contributed by atoms with Crippen molar-refractivity contribution in [2.24, 2.45) is 5.41 Å². The minimum atomic E-state index is -0.0303. The number of hydrogen-bond donors (Lipinski definition) is 2. The number of amides is 1. The number of aromatic amines is 1. The molecule has 0 spiro atoms. The molecule has 5 heteroatoms. The van der Waals surface area contributed by atoms with Crippen molar-refractivity contribution in [2.75, 3.05) is 26.7 Å². The maximum atomic E-state index is 12.1. The van der Waals surface area contributed by atoms with E-state index in [1.54, 1.807) is 0 Å². The van der Waals surface area contributed by atoms with Crippen LogP contribution in [0.5, 0.6) is 0 Å². The largest absolute Gasteiger partial charge is 0.350 e. The van der Waals surface area contributed by atoms with Gasteiger partial charge in [0.05, 0.1) is 0 Å². The normalized spacial score (nSPS) is 26.8. The second-order valence-electron chi connectivity index (χ2n) is 7.07. The average molecular weight is 276 g/mol. The number of rotatable bonds is 1. The highest BCUT2D eigenvalue weighted by Gasteiger charge is 2.31. The lowest BCUT2D eigenvalue weighted by atomic mass is 9.88. The van der Waals surface area contributed by atoms with Gasteiger partial charge in [-0.2, -0.15) is 0 Å². The SMILES string of the molecule is CN1CCC[C@@H](c2nc3c([nH]2)CC(C)(C)CNC3=O)C1. The third-order valence-corrected chi connectivity index (χ3v) is 4.41. The van der Waals surface area contributed by atoms with Gasteiger partial charge in [-0.25, -0.2) is 4.98 Å². The Hall–Kier alpha value is -1.36. The molecule has 0 radical (unpaired) electrons. The number of H-pyrrole nitrogens is 1. The van der Waals surface area contributed by atoms with Gasteiger partial charge in [0.2, 0.25) is 0 Å². The van der Waals surface area contributed by atoms with Gasteiger partial charge >= 0.3 is 0 Å². The number of hydrogen-bond acceptors (Lipinski definition) is 3. The first kappa shape index (κ1) is 13.6. The average Bonchev–Trinajstić information content (AvgIpc) is 2.75. The molecule has 1 aromatic heterocycles. The molecule has 0 aromatic carbocycles. The van der Waals surface area contributed by atoms with Crippen molar-refractivity contribution in [3.8, 4) is 0 Å². The Morgan fingerprint density at radius 1 is 1.40 bits per heavy atom. The molecule has 0 aliphatic carbocycles. The lowest BCUT2D eigenvalue weighted by Crippen LogP contribution is -2.33. The third-order valence-electron chi connectivity index (χ3n) is 4.41. The Kier molecular flexibility index (Phi) is 3.32. The van der Waals surface area contributed by atoms with E-state index in [9.17, 15) is 4.79 Å². The summed E-state index contributed by atoms with van der Waals surface area (Å²) in [5.41, 5.74) is 1.70. The summed E-state index contributed by atoms with van der Waals surface area (Å²) >= 11 is 0. The predicted molar refractivity (Wildman–Crippen MR) is 77.9 cm³/mol. The highest BCUT2D eigenvalue weighted by atomic mass is 16.1. The molecule has 110 valence electrons. The number of likely N-dealkylation sites (N-methyl/N-ethyl adjacent to an activating group) is 1. The number of imidazole rings is 1. The van der Waals surface area contributed by atoms with E-state index in [2.05, 4.69) is 41.1 Å². The lowest BCUT2D eigenvalue weighted by Gasteiger charge is -2.28. The molecule has 1 atom stereocenters.